The van der Waals surface area contributed by atoms with Gasteiger partial charge in [0.15, 0.2) is 5.84 Å². The first-order chi connectivity index (χ1) is 9.90. The van der Waals surface area contributed by atoms with Gasteiger partial charge in [-0.05, 0) is 33.1 Å². The van der Waals surface area contributed by atoms with Crippen LogP contribution in [0.2, 0.25) is 0 Å². The lowest BCUT2D eigenvalue weighted by Gasteiger charge is -2.28. The summed E-state index contributed by atoms with van der Waals surface area (Å²) in [5.74, 6) is -0.624. The van der Waals surface area contributed by atoms with E-state index in [2.05, 4.69) is 16.6 Å². The summed E-state index contributed by atoms with van der Waals surface area (Å²) in [7, 11) is 0. The van der Waals surface area contributed by atoms with Gasteiger partial charge in [0.1, 0.15) is 5.69 Å². The van der Waals surface area contributed by atoms with E-state index in [4.69, 9.17) is 5.73 Å². The fourth-order valence-corrected chi connectivity index (χ4v) is 2.94. The average molecular weight is 290 g/mol. The number of aliphatic carboxylic acids is 1. The van der Waals surface area contributed by atoms with Crippen molar-refractivity contribution in [1.82, 2.24) is 9.55 Å². The monoisotopic (exact) mass is 290 g/mol. The maximum absolute atomic E-state index is 11.2. The summed E-state index contributed by atoms with van der Waals surface area (Å²) in [6.07, 6.45) is 5.03. The molecule has 0 spiro atoms. The number of carboxylic acids is 1. The minimum Gasteiger partial charge on any atom is -0.481 e. The number of nitrogens with zero attached hydrogens (tertiary/aromatic N) is 3. The Morgan fingerprint density at radius 3 is 2.90 bits per heavy atom. The molecule has 1 fully saturated rings. The molecule has 2 unspecified atom stereocenters. The zero-order chi connectivity index (χ0) is 15.6. The lowest BCUT2D eigenvalue weighted by Crippen LogP contribution is -2.25. The van der Waals surface area contributed by atoms with Crippen LogP contribution in [0.1, 0.15) is 50.0 Å². The van der Waals surface area contributed by atoms with Crippen molar-refractivity contribution < 1.29 is 9.90 Å². The SMILES string of the molecule is C=C(C)N=C(N)c1ncn(C2CCCC(C(=O)O)C2)c1C. The number of aliphatic imine (C=N–C) groups is 1. The molecule has 0 aromatic carbocycles. The van der Waals surface area contributed by atoms with Crippen molar-refractivity contribution >= 4 is 11.8 Å². The predicted molar refractivity (Wildman–Crippen MR) is 81.1 cm³/mol. The van der Waals surface area contributed by atoms with Crippen LogP contribution in [0.25, 0.3) is 0 Å². The van der Waals surface area contributed by atoms with E-state index in [0.717, 1.165) is 25.0 Å². The third kappa shape index (κ3) is 3.32. The second-order valence-corrected chi connectivity index (χ2v) is 5.67. The first-order valence-corrected chi connectivity index (χ1v) is 7.16. The number of carbonyl (C=O) groups is 1. The number of hydrogen-bond donors (Lipinski definition) is 2. The van der Waals surface area contributed by atoms with Crippen LogP contribution in [0.15, 0.2) is 23.6 Å². The Hall–Kier alpha value is -2.11. The second kappa shape index (κ2) is 6.11. The van der Waals surface area contributed by atoms with Gasteiger partial charge in [0, 0.05) is 17.4 Å². The van der Waals surface area contributed by atoms with Crippen molar-refractivity contribution in [2.24, 2.45) is 16.6 Å². The van der Waals surface area contributed by atoms with Crippen LogP contribution in [0.3, 0.4) is 0 Å². The Morgan fingerprint density at radius 1 is 1.57 bits per heavy atom. The predicted octanol–water partition coefficient (Wildman–Crippen LogP) is 2.25. The minimum atomic E-state index is -0.707. The van der Waals surface area contributed by atoms with E-state index in [0.29, 0.717) is 23.6 Å². The van der Waals surface area contributed by atoms with Crippen LogP contribution in [0, 0.1) is 12.8 Å². The normalized spacial score (nSPS) is 23.0. The molecule has 1 aliphatic rings. The van der Waals surface area contributed by atoms with Gasteiger partial charge in [0.2, 0.25) is 0 Å². The molecule has 1 aromatic heterocycles. The summed E-state index contributed by atoms with van der Waals surface area (Å²) in [5.41, 5.74) is 8.14. The van der Waals surface area contributed by atoms with Gasteiger partial charge in [0.25, 0.3) is 0 Å². The maximum Gasteiger partial charge on any atom is 0.306 e. The molecule has 0 radical (unpaired) electrons. The molecule has 1 heterocycles. The summed E-state index contributed by atoms with van der Waals surface area (Å²) in [4.78, 5) is 19.6. The van der Waals surface area contributed by atoms with Gasteiger partial charge in [-0.1, -0.05) is 13.0 Å². The Bertz CT molecular complexity index is 588. The lowest BCUT2D eigenvalue weighted by molar-refractivity contribution is -0.143. The second-order valence-electron chi connectivity index (χ2n) is 5.67. The average Bonchev–Trinajstić information content (AvgIpc) is 2.80. The zero-order valence-corrected chi connectivity index (χ0v) is 12.5. The number of allylic oxidation sites excluding steroid dienone is 1. The van der Waals surface area contributed by atoms with E-state index >= 15 is 0 Å². The van der Waals surface area contributed by atoms with Gasteiger partial charge in [-0.25, -0.2) is 9.98 Å². The molecule has 1 saturated carbocycles. The van der Waals surface area contributed by atoms with Crippen LogP contribution in [-0.2, 0) is 4.79 Å². The topological polar surface area (TPSA) is 93.5 Å². The molecule has 114 valence electrons. The third-order valence-corrected chi connectivity index (χ3v) is 3.98. The van der Waals surface area contributed by atoms with Crippen molar-refractivity contribution in [2.75, 3.05) is 0 Å². The molecule has 0 saturated heterocycles. The van der Waals surface area contributed by atoms with E-state index in [-0.39, 0.29) is 12.0 Å². The number of carboxylic acid groups (broad SMARTS) is 1. The van der Waals surface area contributed by atoms with Crippen molar-refractivity contribution in [3.63, 3.8) is 0 Å². The lowest BCUT2D eigenvalue weighted by atomic mass is 9.85. The first-order valence-electron chi connectivity index (χ1n) is 7.16. The molecular weight excluding hydrogens is 268 g/mol. The highest BCUT2D eigenvalue weighted by Gasteiger charge is 2.29. The molecule has 0 aliphatic heterocycles. The highest BCUT2D eigenvalue weighted by molar-refractivity contribution is 5.97. The molecule has 0 bridgehead atoms. The van der Waals surface area contributed by atoms with Crippen LogP contribution in [0.4, 0.5) is 0 Å². The van der Waals surface area contributed by atoms with Crippen LogP contribution in [-0.4, -0.2) is 26.5 Å². The minimum absolute atomic E-state index is 0.165. The summed E-state index contributed by atoms with van der Waals surface area (Å²) in [6, 6.07) is 0.165. The summed E-state index contributed by atoms with van der Waals surface area (Å²) in [6.45, 7) is 7.42. The van der Waals surface area contributed by atoms with Gasteiger partial charge in [-0.2, -0.15) is 0 Å². The Balaban J connectivity index is 2.24. The van der Waals surface area contributed by atoms with Crippen LogP contribution >= 0.6 is 0 Å². The summed E-state index contributed by atoms with van der Waals surface area (Å²) in [5, 5.41) is 9.19. The standard InChI is InChI=1S/C15H22N4O2/c1-9(2)18-14(16)13-10(3)19(8-17-13)12-6-4-5-11(7-12)15(20)21/h8,11-12H,1,4-7H2,2-3H3,(H2,16,18)(H,20,21). The summed E-state index contributed by atoms with van der Waals surface area (Å²) < 4.78 is 2.03. The molecule has 21 heavy (non-hydrogen) atoms. The van der Waals surface area contributed by atoms with Crippen molar-refractivity contribution in [3.05, 3.63) is 30.0 Å². The van der Waals surface area contributed by atoms with Crippen molar-refractivity contribution in [2.45, 2.75) is 45.6 Å². The van der Waals surface area contributed by atoms with Gasteiger partial charge in [-0.15, -0.1) is 0 Å². The van der Waals surface area contributed by atoms with Crippen molar-refractivity contribution in [3.8, 4) is 0 Å². The number of rotatable bonds is 4. The Labute approximate surface area is 124 Å². The highest BCUT2D eigenvalue weighted by atomic mass is 16.4. The van der Waals surface area contributed by atoms with Gasteiger partial charge in [-0.3, -0.25) is 4.79 Å². The number of aromatic nitrogens is 2. The maximum atomic E-state index is 11.2. The summed E-state index contributed by atoms with van der Waals surface area (Å²) >= 11 is 0. The quantitative estimate of drug-likeness (QED) is 0.657. The highest BCUT2D eigenvalue weighted by Crippen LogP contribution is 2.33. The van der Waals surface area contributed by atoms with Crippen LogP contribution < -0.4 is 5.73 Å². The van der Waals surface area contributed by atoms with Crippen LogP contribution in [0.5, 0.6) is 0 Å². The van der Waals surface area contributed by atoms with E-state index in [1.54, 1.807) is 13.3 Å². The van der Waals surface area contributed by atoms with Gasteiger partial charge < -0.3 is 15.4 Å². The van der Waals surface area contributed by atoms with E-state index in [9.17, 15) is 9.90 Å². The molecule has 2 rings (SSSR count). The number of nitrogens with two attached hydrogens (primary N) is 1. The molecule has 1 aliphatic carbocycles. The third-order valence-electron chi connectivity index (χ3n) is 3.98. The fraction of sp³-hybridized carbons (Fsp3) is 0.533. The fourth-order valence-electron chi connectivity index (χ4n) is 2.94. The largest absolute Gasteiger partial charge is 0.481 e. The number of hydrogen-bond acceptors (Lipinski definition) is 3. The van der Waals surface area contributed by atoms with Crippen molar-refractivity contribution in [1.29, 1.82) is 0 Å². The van der Waals surface area contributed by atoms with E-state index in [1.807, 2.05) is 11.5 Å². The molecule has 0 amide bonds. The molecule has 6 nitrogen and oxygen atoms in total. The molecule has 2 atom stereocenters. The van der Waals surface area contributed by atoms with Gasteiger partial charge in [0.05, 0.1) is 12.2 Å². The molecule has 1 aromatic rings. The van der Waals surface area contributed by atoms with Gasteiger partial charge >= 0.3 is 5.97 Å². The molecule has 3 N–H and O–H groups in total. The Kier molecular flexibility index (Phi) is 4.45. The zero-order valence-electron chi connectivity index (χ0n) is 12.5. The molecule has 6 heteroatoms. The first kappa shape index (κ1) is 15.3. The van der Waals surface area contributed by atoms with E-state index < -0.39 is 5.97 Å². The number of amidine groups is 1. The molecular formula is C15H22N4O2. The Morgan fingerprint density at radius 2 is 2.29 bits per heavy atom. The number of imidazole rings is 1. The van der Waals surface area contributed by atoms with E-state index in [1.165, 1.54) is 0 Å². The smallest absolute Gasteiger partial charge is 0.306 e.